The highest BCUT2D eigenvalue weighted by Crippen LogP contribution is 2.11. The average Bonchev–Trinajstić information content (AvgIpc) is 2.76. The monoisotopic (exact) mass is 377 g/mol. The molecule has 19 heavy (non-hydrogen) atoms. The molecular formula is C12H10F2IN3O. The minimum Gasteiger partial charge on any atom is -0.319 e. The first kappa shape index (κ1) is 13.9. The van der Waals surface area contributed by atoms with Gasteiger partial charge in [-0.3, -0.25) is 9.48 Å². The smallest absolute Gasteiger partial charge is 0.257 e. The van der Waals surface area contributed by atoms with Crippen LogP contribution in [0.1, 0.15) is 10.4 Å². The first-order valence-electron chi connectivity index (χ1n) is 5.42. The second kappa shape index (κ2) is 6.09. The summed E-state index contributed by atoms with van der Waals surface area (Å²) in [5, 5.41) is 6.34. The molecular weight excluding hydrogens is 367 g/mol. The number of amides is 1. The molecule has 4 nitrogen and oxygen atoms in total. The second-order valence-corrected chi connectivity index (χ2v) is 5.05. The molecule has 0 aliphatic rings. The van der Waals surface area contributed by atoms with E-state index in [1.165, 1.54) is 12.4 Å². The van der Waals surface area contributed by atoms with E-state index in [0.717, 1.165) is 8.25 Å². The van der Waals surface area contributed by atoms with Crippen LogP contribution in [0.2, 0.25) is 0 Å². The predicted molar refractivity (Wildman–Crippen MR) is 75.3 cm³/mol. The summed E-state index contributed by atoms with van der Waals surface area (Å²) in [5.41, 5.74) is 0.895. The van der Waals surface area contributed by atoms with Crippen molar-refractivity contribution in [3.05, 3.63) is 45.8 Å². The Kier molecular flexibility index (Phi) is 4.46. The fourth-order valence-electron chi connectivity index (χ4n) is 1.47. The van der Waals surface area contributed by atoms with Crippen molar-refractivity contribution in [2.24, 2.45) is 0 Å². The first-order chi connectivity index (χ1) is 9.04. The summed E-state index contributed by atoms with van der Waals surface area (Å²) < 4.78 is 26.4. The summed E-state index contributed by atoms with van der Waals surface area (Å²) in [6.07, 6.45) is 0.239. The van der Waals surface area contributed by atoms with Gasteiger partial charge in [0.15, 0.2) is 0 Å². The Hall–Kier alpha value is -1.51. The number of hydrogen-bond donors (Lipinski definition) is 1. The minimum atomic E-state index is -2.47. The number of halogens is 3. The SMILES string of the molecule is O=C(Nc1cnn(CC(F)F)c1)c1ccc(I)cc1. The van der Waals surface area contributed by atoms with Crippen molar-refractivity contribution < 1.29 is 13.6 Å². The van der Waals surface area contributed by atoms with E-state index in [-0.39, 0.29) is 5.91 Å². The molecule has 1 aromatic heterocycles. The third kappa shape index (κ3) is 3.98. The molecule has 0 atom stereocenters. The summed E-state index contributed by atoms with van der Waals surface area (Å²) in [7, 11) is 0. The Balaban J connectivity index is 2.02. The second-order valence-electron chi connectivity index (χ2n) is 3.80. The Bertz CT molecular complexity index is 569. The van der Waals surface area contributed by atoms with Gasteiger partial charge in [-0.1, -0.05) is 0 Å². The standard InChI is InChI=1S/C12H10F2IN3O/c13-11(14)7-18-6-10(5-16-18)17-12(19)8-1-3-9(15)4-2-8/h1-6,11H,7H2,(H,17,19). The van der Waals surface area contributed by atoms with Gasteiger partial charge in [0, 0.05) is 15.3 Å². The molecule has 0 saturated carbocycles. The van der Waals surface area contributed by atoms with Crippen LogP contribution in [0.4, 0.5) is 14.5 Å². The highest BCUT2D eigenvalue weighted by molar-refractivity contribution is 14.1. The molecule has 2 aromatic rings. The molecule has 2 rings (SSSR count). The summed E-state index contributed by atoms with van der Waals surface area (Å²) in [4.78, 5) is 11.9. The van der Waals surface area contributed by atoms with E-state index in [4.69, 9.17) is 0 Å². The minimum absolute atomic E-state index is 0.298. The maximum absolute atomic E-state index is 12.1. The van der Waals surface area contributed by atoms with Crippen molar-refractivity contribution in [2.45, 2.75) is 13.0 Å². The topological polar surface area (TPSA) is 46.9 Å². The zero-order chi connectivity index (χ0) is 13.8. The molecule has 0 spiro atoms. The third-order valence-electron chi connectivity index (χ3n) is 2.32. The van der Waals surface area contributed by atoms with Crippen molar-refractivity contribution in [3.63, 3.8) is 0 Å². The van der Waals surface area contributed by atoms with Crippen LogP contribution in [0.15, 0.2) is 36.7 Å². The van der Waals surface area contributed by atoms with Crippen LogP contribution < -0.4 is 5.32 Å². The van der Waals surface area contributed by atoms with E-state index in [1.54, 1.807) is 12.1 Å². The fourth-order valence-corrected chi connectivity index (χ4v) is 1.83. The molecule has 1 N–H and O–H groups in total. The zero-order valence-corrected chi connectivity index (χ0v) is 11.8. The predicted octanol–water partition coefficient (Wildman–Crippen LogP) is 3.01. The molecule has 0 bridgehead atoms. The van der Waals surface area contributed by atoms with Crippen molar-refractivity contribution in [1.82, 2.24) is 9.78 Å². The Morgan fingerprint density at radius 1 is 1.37 bits per heavy atom. The molecule has 1 aromatic carbocycles. The van der Waals surface area contributed by atoms with Crippen LogP contribution in [0.3, 0.4) is 0 Å². The normalized spacial score (nSPS) is 10.7. The molecule has 7 heteroatoms. The number of nitrogens with zero attached hydrogens (tertiary/aromatic N) is 2. The van der Waals surface area contributed by atoms with Crippen molar-refractivity contribution >= 4 is 34.2 Å². The number of carbonyl (C=O) groups is 1. The third-order valence-corrected chi connectivity index (χ3v) is 3.04. The maximum atomic E-state index is 12.1. The van der Waals surface area contributed by atoms with Gasteiger partial charge in [0.1, 0.15) is 6.54 Å². The molecule has 0 unspecified atom stereocenters. The maximum Gasteiger partial charge on any atom is 0.257 e. The molecule has 0 aliphatic heterocycles. The first-order valence-corrected chi connectivity index (χ1v) is 6.50. The highest BCUT2D eigenvalue weighted by atomic mass is 127. The van der Waals surface area contributed by atoms with Gasteiger partial charge in [-0.15, -0.1) is 0 Å². The van der Waals surface area contributed by atoms with Crippen LogP contribution in [0.25, 0.3) is 0 Å². The summed E-state index contributed by atoms with van der Waals surface area (Å²) in [6.45, 7) is -0.487. The van der Waals surface area contributed by atoms with Gasteiger partial charge in [-0.25, -0.2) is 8.78 Å². The lowest BCUT2D eigenvalue weighted by Crippen LogP contribution is -2.11. The summed E-state index contributed by atoms with van der Waals surface area (Å²) in [5.74, 6) is -0.298. The van der Waals surface area contributed by atoms with E-state index in [0.29, 0.717) is 11.3 Å². The molecule has 0 saturated heterocycles. The summed E-state index contributed by atoms with van der Waals surface area (Å²) >= 11 is 2.14. The van der Waals surface area contributed by atoms with Gasteiger partial charge in [0.2, 0.25) is 0 Å². The number of anilines is 1. The summed E-state index contributed by atoms with van der Waals surface area (Å²) in [6, 6.07) is 7.02. The highest BCUT2D eigenvalue weighted by Gasteiger charge is 2.09. The van der Waals surface area contributed by atoms with E-state index < -0.39 is 13.0 Å². The van der Waals surface area contributed by atoms with Crippen LogP contribution >= 0.6 is 22.6 Å². The number of hydrogen-bond acceptors (Lipinski definition) is 2. The molecule has 1 amide bonds. The number of aromatic nitrogens is 2. The van der Waals surface area contributed by atoms with Gasteiger partial charge in [0.05, 0.1) is 11.9 Å². The van der Waals surface area contributed by atoms with E-state index in [1.807, 2.05) is 12.1 Å². The lowest BCUT2D eigenvalue weighted by molar-refractivity contribution is 0.102. The van der Waals surface area contributed by atoms with Crippen molar-refractivity contribution in [1.29, 1.82) is 0 Å². The lowest BCUT2D eigenvalue weighted by Gasteiger charge is -2.02. The van der Waals surface area contributed by atoms with Gasteiger partial charge in [0.25, 0.3) is 12.3 Å². The van der Waals surface area contributed by atoms with Crippen LogP contribution in [-0.4, -0.2) is 22.1 Å². The number of nitrogens with one attached hydrogen (secondary N) is 1. The Morgan fingerprint density at radius 2 is 2.05 bits per heavy atom. The lowest BCUT2D eigenvalue weighted by atomic mass is 10.2. The Morgan fingerprint density at radius 3 is 2.68 bits per heavy atom. The fraction of sp³-hybridized carbons (Fsp3) is 0.167. The largest absolute Gasteiger partial charge is 0.319 e. The molecule has 0 aliphatic carbocycles. The molecule has 100 valence electrons. The molecule has 0 fully saturated rings. The van der Waals surface area contributed by atoms with Gasteiger partial charge < -0.3 is 5.32 Å². The van der Waals surface area contributed by atoms with E-state index in [2.05, 4.69) is 33.0 Å². The van der Waals surface area contributed by atoms with E-state index >= 15 is 0 Å². The zero-order valence-electron chi connectivity index (χ0n) is 9.69. The van der Waals surface area contributed by atoms with E-state index in [9.17, 15) is 13.6 Å². The van der Waals surface area contributed by atoms with Crippen molar-refractivity contribution in [2.75, 3.05) is 5.32 Å². The number of alkyl halides is 2. The molecule has 0 radical (unpaired) electrons. The number of carbonyl (C=O) groups excluding carboxylic acids is 1. The Labute approximate surface area is 121 Å². The van der Waals surface area contributed by atoms with Crippen LogP contribution in [0.5, 0.6) is 0 Å². The van der Waals surface area contributed by atoms with Gasteiger partial charge >= 0.3 is 0 Å². The van der Waals surface area contributed by atoms with Crippen LogP contribution in [0, 0.1) is 3.57 Å². The van der Waals surface area contributed by atoms with Gasteiger partial charge in [-0.05, 0) is 46.9 Å². The van der Waals surface area contributed by atoms with Crippen molar-refractivity contribution in [3.8, 4) is 0 Å². The van der Waals surface area contributed by atoms with Crippen LogP contribution in [-0.2, 0) is 6.54 Å². The average molecular weight is 377 g/mol. The quantitative estimate of drug-likeness (QED) is 0.833. The van der Waals surface area contributed by atoms with Gasteiger partial charge in [-0.2, -0.15) is 5.10 Å². The number of rotatable bonds is 4. The molecule has 1 heterocycles. The number of benzene rings is 1.